The van der Waals surface area contributed by atoms with E-state index >= 15 is 0 Å². The number of ether oxygens (including phenoxy) is 1. The molecule has 0 unspecified atom stereocenters. The quantitative estimate of drug-likeness (QED) is 0.644. The van der Waals surface area contributed by atoms with Gasteiger partial charge in [-0.2, -0.15) is 0 Å². The van der Waals surface area contributed by atoms with Gasteiger partial charge < -0.3 is 15.0 Å². The third kappa shape index (κ3) is 6.45. The predicted octanol–water partition coefficient (Wildman–Crippen LogP) is 3.83. The zero-order valence-electron chi connectivity index (χ0n) is 17.1. The van der Waals surface area contributed by atoms with Gasteiger partial charge in [0, 0.05) is 40.2 Å². The highest BCUT2D eigenvalue weighted by molar-refractivity contribution is 5.94. The van der Waals surface area contributed by atoms with Crippen LogP contribution in [0, 0.1) is 0 Å². The minimum Gasteiger partial charge on any atom is -0.385 e. The summed E-state index contributed by atoms with van der Waals surface area (Å²) in [6.07, 6.45) is 1.07. The molecular weight excluding hydrogens is 328 g/mol. The second-order valence-corrected chi connectivity index (χ2v) is 7.21. The minimum atomic E-state index is -0.0412. The summed E-state index contributed by atoms with van der Waals surface area (Å²) in [4.78, 5) is 26.3. The second-order valence-electron chi connectivity index (χ2n) is 7.21. The first kappa shape index (κ1) is 22.2. The van der Waals surface area contributed by atoms with Crippen LogP contribution < -0.4 is 10.2 Å². The van der Waals surface area contributed by atoms with Crippen molar-refractivity contribution in [3.05, 3.63) is 29.3 Å². The molecule has 1 rings (SSSR count). The third-order valence-electron chi connectivity index (χ3n) is 4.40. The molecule has 0 atom stereocenters. The SMILES string of the molecule is COCCCNC(=O)CCN(C(C)=O)c1c(C(C)C)cccc1C(C)C. The molecule has 1 N–H and O–H groups in total. The van der Waals surface area contributed by atoms with E-state index in [9.17, 15) is 9.59 Å². The molecule has 1 aromatic carbocycles. The summed E-state index contributed by atoms with van der Waals surface area (Å²) in [5.41, 5.74) is 3.26. The third-order valence-corrected chi connectivity index (χ3v) is 4.40. The van der Waals surface area contributed by atoms with Crippen molar-refractivity contribution in [2.45, 2.75) is 59.3 Å². The van der Waals surface area contributed by atoms with Gasteiger partial charge in [-0.15, -0.1) is 0 Å². The van der Waals surface area contributed by atoms with Gasteiger partial charge in [0.1, 0.15) is 0 Å². The summed E-state index contributed by atoms with van der Waals surface area (Å²) in [5.74, 6) is 0.523. The number of nitrogens with zero attached hydrogens (tertiary/aromatic N) is 1. The van der Waals surface area contributed by atoms with E-state index in [2.05, 4.69) is 51.2 Å². The molecule has 2 amide bonds. The van der Waals surface area contributed by atoms with Crippen LogP contribution in [0.15, 0.2) is 18.2 Å². The number of anilines is 1. The van der Waals surface area contributed by atoms with Crippen molar-refractivity contribution in [1.29, 1.82) is 0 Å². The molecule has 0 saturated heterocycles. The topological polar surface area (TPSA) is 58.6 Å². The zero-order valence-corrected chi connectivity index (χ0v) is 17.1. The van der Waals surface area contributed by atoms with Gasteiger partial charge in [-0.05, 0) is 29.4 Å². The van der Waals surface area contributed by atoms with E-state index < -0.39 is 0 Å². The number of hydrogen-bond acceptors (Lipinski definition) is 3. The highest BCUT2D eigenvalue weighted by Crippen LogP contribution is 2.35. The van der Waals surface area contributed by atoms with Crippen LogP contribution in [-0.4, -0.2) is 38.6 Å². The molecule has 1 aromatic rings. The number of amides is 2. The Morgan fingerprint density at radius 3 is 2.15 bits per heavy atom. The van der Waals surface area contributed by atoms with Crippen LogP contribution in [0.2, 0.25) is 0 Å². The second kappa shape index (κ2) is 11.0. The maximum Gasteiger partial charge on any atom is 0.223 e. The summed E-state index contributed by atoms with van der Waals surface area (Å²) >= 11 is 0. The highest BCUT2D eigenvalue weighted by Gasteiger charge is 2.22. The van der Waals surface area contributed by atoms with Crippen LogP contribution in [0.25, 0.3) is 0 Å². The number of nitrogens with one attached hydrogen (secondary N) is 1. The van der Waals surface area contributed by atoms with Crippen molar-refractivity contribution in [3.63, 3.8) is 0 Å². The van der Waals surface area contributed by atoms with Crippen LogP contribution in [0.3, 0.4) is 0 Å². The zero-order chi connectivity index (χ0) is 19.7. The van der Waals surface area contributed by atoms with Crippen LogP contribution in [-0.2, 0) is 14.3 Å². The molecule has 0 aliphatic carbocycles. The smallest absolute Gasteiger partial charge is 0.223 e. The molecular formula is C21H34N2O3. The average Bonchev–Trinajstić information content (AvgIpc) is 2.58. The molecule has 146 valence electrons. The van der Waals surface area contributed by atoms with E-state index in [1.54, 1.807) is 18.9 Å². The van der Waals surface area contributed by atoms with E-state index in [4.69, 9.17) is 4.74 Å². The summed E-state index contributed by atoms with van der Waals surface area (Å²) in [7, 11) is 1.64. The Morgan fingerprint density at radius 1 is 1.12 bits per heavy atom. The van der Waals surface area contributed by atoms with Crippen LogP contribution >= 0.6 is 0 Å². The Balaban J connectivity index is 2.97. The first-order chi connectivity index (χ1) is 12.3. The van der Waals surface area contributed by atoms with Gasteiger partial charge in [-0.3, -0.25) is 9.59 Å². The van der Waals surface area contributed by atoms with Gasteiger partial charge >= 0.3 is 0 Å². The van der Waals surface area contributed by atoms with E-state index in [0.717, 1.165) is 23.2 Å². The Labute approximate surface area is 158 Å². The maximum atomic E-state index is 12.4. The predicted molar refractivity (Wildman–Crippen MR) is 107 cm³/mol. The van der Waals surface area contributed by atoms with Crippen molar-refractivity contribution >= 4 is 17.5 Å². The normalized spacial score (nSPS) is 11.1. The number of benzene rings is 1. The Kier molecular flexibility index (Phi) is 9.35. The van der Waals surface area contributed by atoms with Crippen molar-refractivity contribution < 1.29 is 14.3 Å². The van der Waals surface area contributed by atoms with E-state index in [1.807, 2.05) is 0 Å². The fraction of sp³-hybridized carbons (Fsp3) is 0.619. The van der Waals surface area contributed by atoms with Crippen molar-refractivity contribution in [2.75, 3.05) is 31.7 Å². The van der Waals surface area contributed by atoms with Gasteiger partial charge in [0.2, 0.25) is 11.8 Å². The van der Waals surface area contributed by atoms with Gasteiger partial charge in [0.15, 0.2) is 0 Å². The maximum absolute atomic E-state index is 12.4. The lowest BCUT2D eigenvalue weighted by Crippen LogP contribution is -2.35. The summed E-state index contributed by atoms with van der Waals surface area (Å²) < 4.78 is 4.98. The van der Waals surface area contributed by atoms with Gasteiger partial charge in [0.05, 0.1) is 5.69 Å². The van der Waals surface area contributed by atoms with Gasteiger partial charge in [0.25, 0.3) is 0 Å². The molecule has 5 heteroatoms. The lowest BCUT2D eigenvalue weighted by molar-refractivity contribution is -0.121. The standard InChI is InChI=1S/C21H34N2O3/c1-15(2)18-9-7-10-19(16(3)4)21(18)23(17(5)24)13-11-20(25)22-12-8-14-26-6/h7,9-10,15-16H,8,11-14H2,1-6H3,(H,22,25). The number of para-hydroxylation sites is 1. The lowest BCUT2D eigenvalue weighted by atomic mass is 9.91. The molecule has 26 heavy (non-hydrogen) atoms. The monoisotopic (exact) mass is 362 g/mol. The minimum absolute atomic E-state index is 0.0350. The molecule has 0 heterocycles. The van der Waals surface area contributed by atoms with E-state index in [0.29, 0.717) is 31.5 Å². The molecule has 0 fully saturated rings. The van der Waals surface area contributed by atoms with Crippen molar-refractivity contribution in [3.8, 4) is 0 Å². The Bertz CT molecular complexity index is 571. The Hall–Kier alpha value is -1.88. The van der Waals surface area contributed by atoms with Crippen LogP contribution in [0.5, 0.6) is 0 Å². The molecule has 5 nitrogen and oxygen atoms in total. The van der Waals surface area contributed by atoms with E-state index in [1.165, 1.54) is 0 Å². The molecule has 0 aromatic heterocycles. The number of methoxy groups -OCH3 is 1. The van der Waals surface area contributed by atoms with Crippen LogP contribution in [0.1, 0.15) is 70.4 Å². The Morgan fingerprint density at radius 2 is 1.69 bits per heavy atom. The first-order valence-electron chi connectivity index (χ1n) is 9.46. The highest BCUT2D eigenvalue weighted by atomic mass is 16.5. The fourth-order valence-electron chi connectivity index (χ4n) is 3.00. The van der Waals surface area contributed by atoms with Gasteiger partial charge in [-0.1, -0.05) is 45.9 Å². The summed E-state index contributed by atoms with van der Waals surface area (Å²) in [6, 6.07) is 6.20. The number of rotatable bonds is 10. The molecule has 0 bridgehead atoms. The number of carbonyl (C=O) groups excluding carboxylic acids is 2. The van der Waals surface area contributed by atoms with Crippen molar-refractivity contribution in [1.82, 2.24) is 5.32 Å². The average molecular weight is 363 g/mol. The molecule has 0 saturated carbocycles. The molecule has 0 aliphatic rings. The lowest BCUT2D eigenvalue weighted by Gasteiger charge is -2.29. The largest absolute Gasteiger partial charge is 0.385 e. The van der Waals surface area contributed by atoms with Crippen LogP contribution in [0.4, 0.5) is 5.69 Å². The first-order valence-corrected chi connectivity index (χ1v) is 9.46. The number of hydrogen-bond donors (Lipinski definition) is 1. The van der Waals surface area contributed by atoms with Gasteiger partial charge in [-0.25, -0.2) is 0 Å². The summed E-state index contributed by atoms with van der Waals surface area (Å²) in [6.45, 7) is 11.7. The fourth-order valence-corrected chi connectivity index (χ4v) is 3.00. The summed E-state index contributed by atoms with van der Waals surface area (Å²) in [5, 5.41) is 2.88. The molecule has 0 spiro atoms. The number of carbonyl (C=O) groups is 2. The molecule has 0 aliphatic heterocycles. The van der Waals surface area contributed by atoms with Crippen molar-refractivity contribution in [2.24, 2.45) is 0 Å². The molecule has 0 radical (unpaired) electrons. The van der Waals surface area contributed by atoms with E-state index in [-0.39, 0.29) is 18.2 Å².